The minimum atomic E-state index is -0.102. The van der Waals surface area contributed by atoms with Crippen LogP contribution in [0.2, 0.25) is 0 Å². The molecule has 0 aromatic heterocycles. The van der Waals surface area contributed by atoms with Gasteiger partial charge in [0.25, 0.3) is 5.24 Å². The third kappa shape index (κ3) is 33.8. The molecule has 0 aromatic carbocycles. The minimum absolute atomic E-state index is 0.102. The van der Waals surface area contributed by atoms with Gasteiger partial charge in [-0.05, 0) is 98.1 Å². The summed E-state index contributed by atoms with van der Waals surface area (Å²) in [6.07, 6.45) is 36.5. The molecule has 0 saturated carbocycles. The van der Waals surface area contributed by atoms with Crippen LogP contribution in [0, 0.1) is 0 Å². The number of allylic oxidation sites excluding steroid dienone is 4. The molecule has 268 valence electrons. The van der Waals surface area contributed by atoms with E-state index < -0.39 is 0 Å². The van der Waals surface area contributed by atoms with Crippen molar-refractivity contribution in [2.45, 2.75) is 161 Å². The average Bonchev–Trinajstić information content (AvgIpc) is 3.03. The fourth-order valence-corrected chi connectivity index (χ4v) is 6.34. The number of thioether (sulfide) groups is 1. The highest BCUT2D eigenvalue weighted by Gasteiger charge is 2.13. The minimum Gasteiger partial charge on any atom is -0.469 e. The van der Waals surface area contributed by atoms with Crippen molar-refractivity contribution in [2.24, 2.45) is 0 Å². The molecule has 1 amide bonds. The number of unbranched alkanes of at least 4 members (excludes halogenated alkanes) is 18. The van der Waals surface area contributed by atoms with Crippen molar-refractivity contribution in [1.29, 1.82) is 0 Å². The monoisotopic (exact) mass is 665 g/mol. The molecule has 0 heterocycles. The summed E-state index contributed by atoms with van der Waals surface area (Å²) < 4.78 is 4.67. The molecule has 0 bridgehead atoms. The summed E-state index contributed by atoms with van der Waals surface area (Å²) in [5, 5.41) is 0.266. The van der Waals surface area contributed by atoms with E-state index in [4.69, 9.17) is 0 Å². The van der Waals surface area contributed by atoms with Gasteiger partial charge in [0.2, 0.25) is 0 Å². The molecule has 0 aromatic rings. The highest BCUT2D eigenvalue weighted by Crippen LogP contribution is 2.15. The number of ether oxygens (including phenoxy) is 1. The summed E-state index contributed by atoms with van der Waals surface area (Å²) in [4.78, 5) is 39.3. The lowest BCUT2D eigenvalue weighted by molar-refractivity contribution is -0.140. The molecule has 0 rings (SSSR count). The molecule has 0 fully saturated rings. The first-order valence-electron chi connectivity index (χ1n) is 18.8. The third-order valence-electron chi connectivity index (χ3n) is 8.33. The lowest BCUT2D eigenvalue weighted by Crippen LogP contribution is -2.30. The molecule has 0 aliphatic heterocycles. The second-order valence-electron chi connectivity index (χ2n) is 13.1. The quantitative estimate of drug-likeness (QED) is 0.0395. The first kappa shape index (κ1) is 44.4. The van der Waals surface area contributed by atoms with Gasteiger partial charge in [0.1, 0.15) is 5.78 Å². The fraction of sp³-hybridized carbons (Fsp3) is 0.821. The van der Waals surface area contributed by atoms with E-state index in [0.29, 0.717) is 12.2 Å². The second kappa shape index (κ2) is 34.7. The maximum Gasteiger partial charge on any atom is 0.305 e. The number of rotatable bonds is 33. The van der Waals surface area contributed by atoms with Gasteiger partial charge in [-0.25, -0.2) is 0 Å². The van der Waals surface area contributed by atoms with Crippen LogP contribution in [-0.2, 0) is 14.3 Å². The summed E-state index contributed by atoms with van der Waals surface area (Å²) in [5.41, 5.74) is 0. The maximum absolute atomic E-state index is 12.9. The summed E-state index contributed by atoms with van der Waals surface area (Å²) in [5.74, 6) is 1.07. The first-order chi connectivity index (χ1) is 22.4. The van der Waals surface area contributed by atoms with Crippen LogP contribution in [0.4, 0.5) is 4.79 Å². The summed E-state index contributed by atoms with van der Waals surface area (Å²) >= 11 is 1.49. The Morgan fingerprint density at radius 1 is 0.543 bits per heavy atom. The number of amides is 1. The number of hydrogen-bond acceptors (Lipinski definition) is 6. The van der Waals surface area contributed by atoms with Crippen molar-refractivity contribution in [3.63, 3.8) is 0 Å². The summed E-state index contributed by atoms with van der Waals surface area (Å²) in [6, 6.07) is 0. The van der Waals surface area contributed by atoms with Crippen LogP contribution < -0.4 is 0 Å². The molecule has 0 unspecified atom stereocenters. The van der Waals surface area contributed by atoms with Gasteiger partial charge in [-0.3, -0.25) is 9.59 Å². The first-order valence-corrected chi connectivity index (χ1v) is 19.8. The number of methoxy groups -OCH3 is 1. The lowest BCUT2D eigenvalue weighted by Gasteiger charge is -2.22. The van der Waals surface area contributed by atoms with Crippen molar-refractivity contribution < 1.29 is 19.1 Å². The largest absolute Gasteiger partial charge is 0.469 e. The smallest absolute Gasteiger partial charge is 0.305 e. The highest BCUT2D eigenvalue weighted by molar-refractivity contribution is 8.13. The SMILES string of the molecule is COC(=O)CCCCC/C=C\CCCCCCCCN(CCCCCCCC/C=C\CCCCCC(C)=O)C(=O)SCCN(C)C. The second-order valence-corrected chi connectivity index (χ2v) is 14.2. The van der Waals surface area contributed by atoms with Crippen LogP contribution in [-0.4, -0.2) is 73.4 Å². The van der Waals surface area contributed by atoms with Gasteiger partial charge >= 0.3 is 5.97 Å². The van der Waals surface area contributed by atoms with Crippen LogP contribution >= 0.6 is 11.8 Å². The van der Waals surface area contributed by atoms with E-state index in [1.807, 2.05) is 0 Å². The van der Waals surface area contributed by atoms with E-state index in [2.05, 4.69) is 52.9 Å². The van der Waals surface area contributed by atoms with E-state index in [1.165, 1.54) is 95.9 Å². The third-order valence-corrected chi connectivity index (χ3v) is 9.22. The Labute approximate surface area is 288 Å². The van der Waals surface area contributed by atoms with Gasteiger partial charge < -0.3 is 19.3 Å². The van der Waals surface area contributed by atoms with Crippen LogP contribution in [0.25, 0.3) is 0 Å². The van der Waals surface area contributed by atoms with Gasteiger partial charge in [-0.1, -0.05) is 100 Å². The molecular formula is C39H72N2O4S. The van der Waals surface area contributed by atoms with E-state index in [9.17, 15) is 14.4 Å². The molecule has 0 aliphatic carbocycles. The van der Waals surface area contributed by atoms with E-state index in [0.717, 1.165) is 96.0 Å². The molecule has 0 N–H and O–H groups in total. The maximum atomic E-state index is 12.9. The van der Waals surface area contributed by atoms with Crippen molar-refractivity contribution in [2.75, 3.05) is 46.6 Å². The molecule has 6 nitrogen and oxygen atoms in total. The van der Waals surface area contributed by atoms with Gasteiger partial charge in [0.05, 0.1) is 7.11 Å². The Balaban J connectivity index is 3.94. The number of nitrogens with zero attached hydrogens (tertiary/aromatic N) is 2. The van der Waals surface area contributed by atoms with Crippen molar-refractivity contribution in [3.05, 3.63) is 24.3 Å². The summed E-state index contributed by atoms with van der Waals surface area (Å²) in [7, 11) is 5.58. The molecule has 0 radical (unpaired) electrons. The number of Topliss-reactive ketones (excluding diaryl/α,β-unsaturated/α-hetero) is 1. The zero-order chi connectivity index (χ0) is 33.9. The number of esters is 1. The summed E-state index contributed by atoms with van der Waals surface area (Å²) in [6.45, 7) is 4.42. The molecular weight excluding hydrogens is 593 g/mol. The zero-order valence-corrected chi connectivity index (χ0v) is 31.4. The van der Waals surface area contributed by atoms with Gasteiger partial charge in [0.15, 0.2) is 0 Å². The number of carbonyl (C=O) groups is 3. The molecule has 46 heavy (non-hydrogen) atoms. The predicted molar refractivity (Wildman–Crippen MR) is 200 cm³/mol. The lowest BCUT2D eigenvalue weighted by atomic mass is 10.1. The average molecular weight is 665 g/mol. The van der Waals surface area contributed by atoms with Crippen molar-refractivity contribution >= 4 is 28.8 Å². The topological polar surface area (TPSA) is 66.9 Å². The molecule has 7 heteroatoms. The molecule has 0 atom stereocenters. The number of hydrogen-bond donors (Lipinski definition) is 0. The van der Waals surface area contributed by atoms with Crippen molar-refractivity contribution in [1.82, 2.24) is 9.80 Å². The van der Waals surface area contributed by atoms with Gasteiger partial charge in [-0.2, -0.15) is 0 Å². The fourth-order valence-electron chi connectivity index (χ4n) is 5.34. The highest BCUT2D eigenvalue weighted by atomic mass is 32.2. The zero-order valence-electron chi connectivity index (χ0n) is 30.5. The van der Waals surface area contributed by atoms with Crippen LogP contribution in [0.5, 0.6) is 0 Å². The predicted octanol–water partition coefficient (Wildman–Crippen LogP) is 10.9. The number of ketones is 1. The van der Waals surface area contributed by atoms with E-state index >= 15 is 0 Å². The van der Waals surface area contributed by atoms with Gasteiger partial charge in [0, 0.05) is 38.2 Å². The van der Waals surface area contributed by atoms with E-state index in [-0.39, 0.29) is 11.2 Å². The Hall–Kier alpha value is -1.60. The molecule has 0 aliphatic rings. The van der Waals surface area contributed by atoms with Gasteiger partial charge in [-0.15, -0.1) is 0 Å². The normalized spacial score (nSPS) is 11.7. The van der Waals surface area contributed by atoms with Crippen LogP contribution in [0.3, 0.4) is 0 Å². The van der Waals surface area contributed by atoms with Crippen LogP contribution in [0.1, 0.15) is 161 Å². The Morgan fingerprint density at radius 3 is 1.35 bits per heavy atom. The van der Waals surface area contributed by atoms with Crippen LogP contribution in [0.15, 0.2) is 24.3 Å². The standard InChI is InChI=1S/C39H72N2O4S/c1-37(42)31-27-23-19-15-11-7-5-9-13-17-21-25-29-33-41(39(44)46-36-35-40(2)3)34-30-26-22-18-14-10-6-8-12-16-20-24-28-32-38(43)45-4/h7-8,11-12H,5-6,9-10,13-36H2,1-4H3/b11-7-,12-8-. The molecule has 0 saturated heterocycles. The Morgan fingerprint density at radius 2 is 0.935 bits per heavy atom. The molecule has 0 spiro atoms. The van der Waals surface area contributed by atoms with Crippen molar-refractivity contribution in [3.8, 4) is 0 Å². The Bertz CT molecular complexity index is 784. The number of carbonyl (C=O) groups excluding carboxylic acids is 3. The van der Waals surface area contributed by atoms with E-state index in [1.54, 1.807) is 6.92 Å². The Kier molecular flexibility index (Phi) is 33.5.